The van der Waals surface area contributed by atoms with Gasteiger partial charge in [-0.1, -0.05) is 25.0 Å². The molecule has 1 aliphatic heterocycles. The van der Waals surface area contributed by atoms with Crippen LogP contribution >= 0.6 is 11.6 Å². The molecule has 21 heavy (non-hydrogen) atoms. The summed E-state index contributed by atoms with van der Waals surface area (Å²) in [6, 6.07) is 6.85. The van der Waals surface area contributed by atoms with E-state index in [0.29, 0.717) is 23.9 Å². The molecule has 0 aromatic heterocycles. The molecule has 1 saturated heterocycles. The lowest BCUT2D eigenvalue weighted by Crippen LogP contribution is -2.54. The Labute approximate surface area is 131 Å². The van der Waals surface area contributed by atoms with E-state index in [4.69, 9.17) is 16.3 Å². The minimum atomic E-state index is -3.45. The average Bonchev–Trinajstić information content (AvgIpc) is 2.54. The first kappa shape index (κ1) is 15.3. The van der Waals surface area contributed by atoms with Gasteiger partial charge in [-0.2, -0.15) is 4.31 Å². The second-order valence-corrected chi connectivity index (χ2v) is 7.81. The van der Waals surface area contributed by atoms with Gasteiger partial charge in [0.15, 0.2) is 0 Å². The normalized spacial score (nSPS) is 27.3. The van der Waals surface area contributed by atoms with Gasteiger partial charge in [0.2, 0.25) is 10.0 Å². The molecule has 2 fully saturated rings. The number of rotatable bonds is 3. The summed E-state index contributed by atoms with van der Waals surface area (Å²) in [5.74, 6) is 0.391. The standard InChI is InChI=1S/C15H20ClNO3S/c16-11-12-5-7-13(8-6-12)21(18,19)17-9-10-20-15-4-2-1-3-14(15)17/h5-8,14-15H,1-4,9-11H2. The van der Waals surface area contributed by atoms with Crippen molar-refractivity contribution in [2.24, 2.45) is 0 Å². The van der Waals surface area contributed by atoms with E-state index in [1.165, 1.54) is 0 Å². The third kappa shape index (κ3) is 2.97. The zero-order chi connectivity index (χ0) is 14.9. The number of alkyl halides is 1. The quantitative estimate of drug-likeness (QED) is 0.801. The molecule has 2 atom stereocenters. The number of hydrogen-bond donors (Lipinski definition) is 0. The fraction of sp³-hybridized carbons (Fsp3) is 0.600. The van der Waals surface area contributed by atoms with E-state index in [-0.39, 0.29) is 12.1 Å². The van der Waals surface area contributed by atoms with Gasteiger partial charge >= 0.3 is 0 Å². The summed E-state index contributed by atoms with van der Waals surface area (Å²) in [5, 5.41) is 0. The highest BCUT2D eigenvalue weighted by molar-refractivity contribution is 7.89. The van der Waals surface area contributed by atoms with E-state index >= 15 is 0 Å². The Morgan fingerprint density at radius 3 is 2.62 bits per heavy atom. The molecule has 1 heterocycles. The van der Waals surface area contributed by atoms with Gasteiger partial charge in [0.05, 0.1) is 23.6 Å². The minimum Gasteiger partial charge on any atom is -0.375 e. The Hall–Kier alpha value is -0.620. The van der Waals surface area contributed by atoms with Crippen LogP contribution in [0.2, 0.25) is 0 Å². The van der Waals surface area contributed by atoms with Crippen LogP contribution in [0, 0.1) is 0 Å². The molecule has 3 rings (SSSR count). The molecule has 1 aromatic rings. The van der Waals surface area contributed by atoms with E-state index in [9.17, 15) is 8.42 Å². The lowest BCUT2D eigenvalue weighted by atomic mass is 9.91. The number of ether oxygens (including phenoxy) is 1. The highest BCUT2D eigenvalue weighted by Crippen LogP contribution is 2.32. The number of nitrogens with zero attached hydrogens (tertiary/aromatic N) is 1. The van der Waals surface area contributed by atoms with E-state index < -0.39 is 10.0 Å². The molecule has 4 nitrogen and oxygen atoms in total. The molecule has 1 aromatic carbocycles. The van der Waals surface area contributed by atoms with Crippen LogP contribution in [0.1, 0.15) is 31.2 Å². The van der Waals surface area contributed by atoms with Gasteiger partial charge in [0.1, 0.15) is 0 Å². The molecule has 1 aliphatic carbocycles. The van der Waals surface area contributed by atoms with Gasteiger partial charge in [0, 0.05) is 12.4 Å². The zero-order valence-corrected chi connectivity index (χ0v) is 13.4. The maximum absolute atomic E-state index is 12.9. The van der Waals surface area contributed by atoms with Crippen LogP contribution in [0.3, 0.4) is 0 Å². The van der Waals surface area contributed by atoms with Crippen LogP contribution in [0.5, 0.6) is 0 Å². The smallest absolute Gasteiger partial charge is 0.243 e. The van der Waals surface area contributed by atoms with Crippen LogP contribution in [0.25, 0.3) is 0 Å². The SMILES string of the molecule is O=S(=O)(c1ccc(CCl)cc1)N1CCOC2CCCCC21. The minimum absolute atomic E-state index is 0.00907. The van der Waals surface area contributed by atoms with Crippen LogP contribution in [-0.2, 0) is 20.6 Å². The predicted molar refractivity (Wildman–Crippen MR) is 81.9 cm³/mol. The van der Waals surface area contributed by atoms with Crippen molar-refractivity contribution < 1.29 is 13.2 Å². The van der Waals surface area contributed by atoms with Gasteiger partial charge in [-0.3, -0.25) is 0 Å². The third-order valence-corrected chi connectivity index (χ3v) is 6.61. The first-order valence-corrected chi connectivity index (χ1v) is 9.39. The lowest BCUT2D eigenvalue weighted by Gasteiger charge is -2.42. The average molecular weight is 330 g/mol. The lowest BCUT2D eigenvalue weighted by molar-refractivity contribution is -0.0586. The Morgan fingerprint density at radius 1 is 1.19 bits per heavy atom. The van der Waals surface area contributed by atoms with Crippen molar-refractivity contribution in [2.45, 2.75) is 48.6 Å². The van der Waals surface area contributed by atoms with E-state index in [1.807, 2.05) is 0 Å². The van der Waals surface area contributed by atoms with Gasteiger partial charge < -0.3 is 4.74 Å². The number of halogens is 1. The fourth-order valence-corrected chi connectivity index (χ4v) is 5.09. The molecule has 0 bridgehead atoms. The third-order valence-electron chi connectivity index (χ3n) is 4.37. The van der Waals surface area contributed by atoms with Gasteiger partial charge in [-0.25, -0.2) is 8.42 Å². The van der Waals surface area contributed by atoms with Gasteiger partial charge in [-0.05, 0) is 30.5 Å². The number of hydrogen-bond acceptors (Lipinski definition) is 3. The highest BCUT2D eigenvalue weighted by atomic mass is 35.5. The van der Waals surface area contributed by atoms with E-state index in [1.54, 1.807) is 28.6 Å². The first-order valence-electron chi connectivity index (χ1n) is 7.41. The molecule has 0 radical (unpaired) electrons. The van der Waals surface area contributed by atoms with E-state index in [2.05, 4.69) is 0 Å². The number of sulfonamides is 1. The maximum atomic E-state index is 12.9. The van der Waals surface area contributed by atoms with Crippen molar-refractivity contribution in [2.75, 3.05) is 13.2 Å². The molecule has 2 unspecified atom stereocenters. The van der Waals surface area contributed by atoms with Gasteiger partial charge in [0.25, 0.3) is 0 Å². The van der Waals surface area contributed by atoms with Crippen molar-refractivity contribution in [3.63, 3.8) is 0 Å². The number of benzene rings is 1. The van der Waals surface area contributed by atoms with Crippen molar-refractivity contribution in [3.05, 3.63) is 29.8 Å². The molecule has 0 N–H and O–H groups in total. The van der Waals surface area contributed by atoms with Crippen molar-refractivity contribution in [1.82, 2.24) is 4.31 Å². The summed E-state index contributed by atoms with van der Waals surface area (Å²) in [6.07, 6.45) is 4.11. The van der Waals surface area contributed by atoms with Crippen molar-refractivity contribution in [1.29, 1.82) is 0 Å². The maximum Gasteiger partial charge on any atom is 0.243 e. The summed E-state index contributed by atoms with van der Waals surface area (Å²) in [7, 11) is -3.45. The summed E-state index contributed by atoms with van der Waals surface area (Å²) < 4.78 is 33.2. The molecule has 1 saturated carbocycles. The topological polar surface area (TPSA) is 46.6 Å². The Morgan fingerprint density at radius 2 is 1.90 bits per heavy atom. The Bertz CT molecular complexity index is 585. The summed E-state index contributed by atoms with van der Waals surface area (Å²) in [5.41, 5.74) is 0.924. The number of morpholine rings is 1. The van der Waals surface area contributed by atoms with E-state index in [0.717, 1.165) is 31.2 Å². The van der Waals surface area contributed by atoms with Crippen LogP contribution in [0.4, 0.5) is 0 Å². The molecule has 6 heteroatoms. The van der Waals surface area contributed by atoms with Crippen LogP contribution in [-0.4, -0.2) is 38.0 Å². The zero-order valence-electron chi connectivity index (χ0n) is 11.9. The Kier molecular flexibility index (Phi) is 4.54. The first-order chi connectivity index (χ1) is 10.1. The largest absolute Gasteiger partial charge is 0.375 e. The second-order valence-electron chi connectivity index (χ2n) is 5.65. The van der Waals surface area contributed by atoms with Crippen molar-refractivity contribution >= 4 is 21.6 Å². The molecule has 2 aliphatic rings. The molecule has 0 spiro atoms. The predicted octanol–water partition coefficient (Wildman–Crippen LogP) is 2.76. The summed E-state index contributed by atoms with van der Waals surface area (Å²) >= 11 is 5.76. The van der Waals surface area contributed by atoms with Crippen LogP contribution < -0.4 is 0 Å². The monoisotopic (exact) mass is 329 g/mol. The molecule has 116 valence electrons. The van der Waals surface area contributed by atoms with Gasteiger partial charge in [-0.15, -0.1) is 11.6 Å². The molecular weight excluding hydrogens is 310 g/mol. The molecule has 0 amide bonds. The summed E-state index contributed by atoms with van der Waals surface area (Å²) in [4.78, 5) is 0.350. The molecular formula is C15H20ClNO3S. The van der Waals surface area contributed by atoms with Crippen molar-refractivity contribution in [3.8, 4) is 0 Å². The number of fused-ring (bicyclic) bond motifs is 1. The summed E-state index contributed by atoms with van der Waals surface area (Å²) in [6.45, 7) is 0.931. The Balaban J connectivity index is 1.88. The van der Waals surface area contributed by atoms with Crippen LogP contribution in [0.15, 0.2) is 29.2 Å². The fourth-order valence-electron chi connectivity index (χ4n) is 3.25. The second kappa shape index (κ2) is 6.24. The highest BCUT2D eigenvalue weighted by Gasteiger charge is 2.40.